The molecule has 1 aromatic carbocycles. The molecule has 30 heavy (non-hydrogen) atoms. The van der Waals surface area contributed by atoms with Gasteiger partial charge in [-0.1, -0.05) is 38.8 Å². The Balaban J connectivity index is 1.71. The topological polar surface area (TPSA) is 41.4 Å². The molecule has 0 saturated carbocycles. The number of amides is 1. The predicted molar refractivity (Wildman–Crippen MR) is 125 cm³/mol. The predicted octanol–water partition coefficient (Wildman–Crippen LogP) is 5.26. The maximum Gasteiger partial charge on any atom is 0.226 e. The van der Waals surface area contributed by atoms with Crippen LogP contribution in [-0.2, 0) is 11.3 Å². The number of benzene rings is 1. The average molecular weight is 413 g/mol. The maximum absolute atomic E-state index is 13.3. The van der Waals surface area contributed by atoms with Gasteiger partial charge in [0.1, 0.15) is 5.82 Å². The van der Waals surface area contributed by atoms with Crippen molar-refractivity contribution in [2.75, 3.05) is 26.2 Å². The Kier molecular flexibility index (Phi) is 8.32. The third-order valence-electron chi connectivity index (χ3n) is 6.28. The van der Waals surface area contributed by atoms with E-state index in [-0.39, 0.29) is 5.92 Å². The van der Waals surface area contributed by atoms with Crippen LogP contribution in [0.25, 0.3) is 11.0 Å². The lowest BCUT2D eigenvalue weighted by Crippen LogP contribution is -2.45. The minimum atomic E-state index is 0.129. The molecule has 1 fully saturated rings. The molecule has 5 heteroatoms. The number of nitrogens with zero attached hydrogens (tertiary/aromatic N) is 4. The van der Waals surface area contributed by atoms with Gasteiger partial charge in [0.15, 0.2) is 0 Å². The van der Waals surface area contributed by atoms with E-state index in [1.165, 1.54) is 5.52 Å². The van der Waals surface area contributed by atoms with E-state index >= 15 is 0 Å². The number of likely N-dealkylation sites (tertiary alicyclic amines) is 1. The zero-order chi connectivity index (χ0) is 21.5. The molecule has 1 saturated heterocycles. The van der Waals surface area contributed by atoms with Crippen molar-refractivity contribution in [3.63, 3.8) is 0 Å². The zero-order valence-electron chi connectivity index (χ0n) is 19.4. The lowest BCUT2D eigenvalue weighted by Gasteiger charge is -2.35. The molecular formula is C25H40N4O. The molecule has 1 aromatic heterocycles. The van der Waals surface area contributed by atoms with E-state index in [1.807, 2.05) is 0 Å². The molecule has 3 rings (SSSR count). The second-order valence-electron chi connectivity index (χ2n) is 9.09. The molecule has 0 aliphatic carbocycles. The van der Waals surface area contributed by atoms with Gasteiger partial charge < -0.3 is 9.47 Å². The summed E-state index contributed by atoms with van der Waals surface area (Å²) in [5.74, 6) is 1.62. The maximum atomic E-state index is 13.3. The number of imidazole rings is 1. The molecule has 1 aliphatic rings. The van der Waals surface area contributed by atoms with Gasteiger partial charge in [0, 0.05) is 25.7 Å². The van der Waals surface area contributed by atoms with Gasteiger partial charge in [0.05, 0.1) is 23.5 Å². The molecule has 0 N–H and O–H groups in total. The fraction of sp³-hybridized carbons (Fsp3) is 0.680. The van der Waals surface area contributed by atoms with Crippen LogP contribution in [0.4, 0.5) is 0 Å². The number of fused-ring (bicyclic) bond motifs is 1. The summed E-state index contributed by atoms with van der Waals surface area (Å²) in [6.45, 7) is 13.4. The van der Waals surface area contributed by atoms with E-state index in [2.05, 4.69) is 66.3 Å². The number of aromatic nitrogens is 2. The Morgan fingerprint density at radius 2 is 1.87 bits per heavy atom. The van der Waals surface area contributed by atoms with Crippen molar-refractivity contribution in [1.82, 2.24) is 19.4 Å². The Morgan fingerprint density at radius 3 is 2.53 bits per heavy atom. The first-order valence-corrected chi connectivity index (χ1v) is 12.0. The Morgan fingerprint density at radius 1 is 1.17 bits per heavy atom. The molecule has 1 atom stereocenters. The first-order chi connectivity index (χ1) is 14.5. The first-order valence-electron chi connectivity index (χ1n) is 12.0. The Labute approximate surface area is 182 Å². The highest BCUT2D eigenvalue weighted by molar-refractivity contribution is 5.79. The second kappa shape index (κ2) is 10.9. The second-order valence-corrected chi connectivity index (χ2v) is 9.09. The molecular weight excluding hydrogens is 372 g/mol. The van der Waals surface area contributed by atoms with Gasteiger partial charge in [-0.25, -0.2) is 4.98 Å². The van der Waals surface area contributed by atoms with Crippen LogP contribution in [0.1, 0.15) is 78.1 Å². The lowest BCUT2D eigenvalue weighted by atomic mass is 9.96. The van der Waals surface area contributed by atoms with E-state index in [9.17, 15) is 4.79 Å². The molecule has 2 aromatic rings. The van der Waals surface area contributed by atoms with Crippen molar-refractivity contribution in [3.8, 4) is 0 Å². The van der Waals surface area contributed by atoms with Crippen molar-refractivity contribution in [2.45, 2.75) is 78.8 Å². The highest BCUT2D eigenvalue weighted by atomic mass is 16.2. The van der Waals surface area contributed by atoms with Crippen molar-refractivity contribution in [1.29, 1.82) is 0 Å². The number of unbranched alkanes of at least 4 members (excludes halogenated alkanes) is 2. The number of rotatable bonds is 10. The summed E-state index contributed by atoms with van der Waals surface area (Å²) >= 11 is 0. The van der Waals surface area contributed by atoms with Crippen LogP contribution in [0.3, 0.4) is 0 Å². The molecule has 0 spiro atoms. The number of carbonyl (C=O) groups is 1. The highest BCUT2D eigenvalue weighted by Crippen LogP contribution is 2.25. The van der Waals surface area contributed by atoms with Gasteiger partial charge in [0.25, 0.3) is 0 Å². The normalized spacial score (nSPS) is 17.7. The van der Waals surface area contributed by atoms with Crippen LogP contribution in [0.2, 0.25) is 0 Å². The fourth-order valence-corrected chi connectivity index (χ4v) is 4.67. The summed E-state index contributed by atoms with van der Waals surface area (Å²) in [7, 11) is 0. The smallest absolute Gasteiger partial charge is 0.226 e. The van der Waals surface area contributed by atoms with Gasteiger partial charge in [-0.15, -0.1) is 0 Å². The summed E-state index contributed by atoms with van der Waals surface area (Å²) in [5, 5.41) is 0. The van der Waals surface area contributed by atoms with Gasteiger partial charge in [-0.2, -0.15) is 0 Å². The summed E-state index contributed by atoms with van der Waals surface area (Å²) in [6.07, 6.45) is 6.59. The number of carbonyl (C=O) groups excluding carboxylic acids is 1. The van der Waals surface area contributed by atoms with Crippen LogP contribution in [0, 0.1) is 5.92 Å². The van der Waals surface area contributed by atoms with Crippen molar-refractivity contribution in [3.05, 3.63) is 30.1 Å². The first kappa shape index (κ1) is 22.8. The summed E-state index contributed by atoms with van der Waals surface area (Å²) in [5.41, 5.74) is 2.27. The third-order valence-corrected chi connectivity index (χ3v) is 6.28. The van der Waals surface area contributed by atoms with Crippen LogP contribution in [0.15, 0.2) is 24.3 Å². The Bertz CT molecular complexity index is 805. The van der Waals surface area contributed by atoms with Gasteiger partial charge in [-0.3, -0.25) is 9.69 Å². The minimum Gasteiger partial charge on any atom is -0.342 e. The monoisotopic (exact) mass is 412 g/mol. The largest absolute Gasteiger partial charge is 0.342 e. The van der Waals surface area contributed by atoms with Crippen molar-refractivity contribution >= 4 is 16.9 Å². The highest BCUT2D eigenvalue weighted by Gasteiger charge is 2.30. The molecule has 166 valence electrons. The molecule has 1 aliphatic heterocycles. The van der Waals surface area contributed by atoms with Crippen LogP contribution in [0.5, 0.6) is 0 Å². The minimum absolute atomic E-state index is 0.129. The van der Waals surface area contributed by atoms with E-state index in [0.717, 1.165) is 82.6 Å². The van der Waals surface area contributed by atoms with Gasteiger partial charge in [0.2, 0.25) is 5.91 Å². The van der Waals surface area contributed by atoms with Crippen LogP contribution < -0.4 is 0 Å². The van der Waals surface area contributed by atoms with Crippen molar-refractivity contribution in [2.24, 2.45) is 5.92 Å². The molecule has 2 heterocycles. The van der Waals surface area contributed by atoms with Crippen molar-refractivity contribution < 1.29 is 4.79 Å². The SMILES string of the molecule is CCCCN(CCCC)C(=O)[C@H]1CCCN(Cc2nc3ccccc3n2C(C)C)C1. The fourth-order valence-electron chi connectivity index (χ4n) is 4.67. The lowest BCUT2D eigenvalue weighted by molar-refractivity contribution is -0.137. The number of para-hydroxylation sites is 2. The average Bonchev–Trinajstić information content (AvgIpc) is 3.11. The summed E-state index contributed by atoms with van der Waals surface area (Å²) in [4.78, 5) is 22.8. The standard InChI is InChI=1S/C25H40N4O/c1-5-7-16-28(17-8-6-2)25(30)21-12-11-15-27(18-21)19-24-26-22-13-9-10-14-23(22)29(24)20(3)4/h9-10,13-14,20-21H,5-8,11-12,15-19H2,1-4H3/t21-/m0/s1. The van der Waals surface area contributed by atoms with Gasteiger partial charge >= 0.3 is 0 Å². The molecule has 5 nitrogen and oxygen atoms in total. The van der Waals surface area contributed by atoms with Crippen LogP contribution >= 0.6 is 0 Å². The zero-order valence-corrected chi connectivity index (χ0v) is 19.4. The molecule has 0 unspecified atom stereocenters. The van der Waals surface area contributed by atoms with Crippen LogP contribution in [-0.4, -0.2) is 51.4 Å². The third kappa shape index (κ3) is 5.42. The summed E-state index contributed by atoms with van der Waals surface area (Å²) in [6, 6.07) is 8.77. The van der Waals surface area contributed by atoms with E-state index < -0.39 is 0 Å². The van der Waals surface area contributed by atoms with E-state index in [0.29, 0.717) is 11.9 Å². The van der Waals surface area contributed by atoms with Gasteiger partial charge in [-0.05, 0) is 58.2 Å². The molecule has 0 radical (unpaired) electrons. The molecule has 0 bridgehead atoms. The number of hydrogen-bond acceptors (Lipinski definition) is 3. The quantitative estimate of drug-likeness (QED) is 0.535. The summed E-state index contributed by atoms with van der Waals surface area (Å²) < 4.78 is 2.36. The number of piperidine rings is 1. The van der Waals surface area contributed by atoms with E-state index in [1.54, 1.807) is 0 Å². The Hall–Kier alpha value is -1.88. The number of hydrogen-bond donors (Lipinski definition) is 0. The van der Waals surface area contributed by atoms with E-state index in [4.69, 9.17) is 4.98 Å². The molecule has 1 amide bonds.